The van der Waals surface area contributed by atoms with Gasteiger partial charge in [0.25, 0.3) is 0 Å². The van der Waals surface area contributed by atoms with Gasteiger partial charge in [0, 0.05) is 21.5 Å². The van der Waals surface area contributed by atoms with Crippen LogP contribution in [0.1, 0.15) is 0 Å². The fourth-order valence-corrected chi connectivity index (χ4v) is 6.59. The maximum Gasteiger partial charge on any atom is 1.00 e. The number of fused-ring (bicyclic) bond motifs is 7. The monoisotopic (exact) mass is 676 g/mol. The minimum atomic E-state index is -5.27. The third-order valence-corrected chi connectivity index (χ3v) is 9.07. The molecule has 5 rings (SSSR count). The molecule has 13 nitrogen and oxygen atoms in total. The first kappa shape index (κ1) is 39.9. The van der Waals surface area contributed by atoms with Crippen molar-refractivity contribution in [2.24, 2.45) is 0 Å². The first-order chi connectivity index (χ1) is 16.9. The van der Waals surface area contributed by atoms with Crippen molar-refractivity contribution in [2.45, 2.75) is 19.6 Å². The van der Waals surface area contributed by atoms with E-state index in [1.165, 1.54) is 0 Å². The zero-order valence-electron chi connectivity index (χ0n) is 21.6. The number of benzene rings is 4. The summed E-state index contributed by atoms with van der Waals surface area (Å²) in [6.07, 6.45) is 0. The molecule has 4 aromatic carbocycles. The van der Waals surface area contributed by atoms with E-state index in [4.69, 9.17) is 4.42 Å². The molecule has 0 saturated carbocycles. The van der Waals surface area contributed by atoms with Crippen LogP contribution in [0.25, 0.3) is 43.5 Å². The molecule has 0 aliphatic rings. The van der Waals surface area contributed by atoms with E-state index >= 15 is 0 Å². The summed E-state index contributed by atoms with van der Waals surface area (Å²) in [5.41, 5.74) is -0.589. The fourth-order valence-electron chi connectivity index (χ4n) is 4.21. The Balaban J connectivity index is 0.00000210. The van der Waals surface area contributed by atoms with E-state index in [-0.39, 0.29) is 151 Å². The van der Waals surface area contributed by atoms with Gasteiger partial charge in [-0.25, -0.2) is 33.7 Å². The summed E-state index contributed by atoms with van der Waals surface area (Å²) in [4.78, 5) is -3.57. The van der Waals surface area contributed by atoms with Crippen molar-refractivity contribution in [3.05, 3.63) is 48.5 Å². The van der Waals surface area contributed by atoms with Crippen molar-refractivity contribution >= 4 is 84.0 Å². The van der Waals surface area contributed by atoms with Crippen molar-refractivity contribution in [2.75, 3.05) is 0 Å². The van der Waals surface area contributed by atoms with Crippen molar-refractivity contribution < 1.29 is 175 Å². The minimum Gasteiger partial charge on any atom is -0.744 e. The van der Waals surface area contributed by atoms with Gasteiger partial charge in [0.1, 0.15) is 51.6 Å². The number of hydrogen-bond donors (Lipinski definition) is 0. The van der Waals surface area contributed by atoms with E-state index in [0.29, 0.717) is 12.1 Å². The van der Waals surface area contributed by atoms with Crippen LogP contribution in [0.2, 0.25) is 0 Å². The van der Waals surface area contributed by atoms with Gasteiger partial charge in [-0.2, -0.15) is 0 Å². The maximum absolute atomic E-state index is 12.0. The normalized spacial score (nSPS) is 12.4. The van der Waals surface area contributed by atoms with Gasteiger partial charge < -0.3 is 22.6 Å². The van der Waals surface area contributed by atoms with Gasteiger partial charge >= 0.3 is 118 Å². The van der Waals surface area contributed by atoms with E-state index in [0.717, 1.165) is 36.4 Å². The third-order valence-electron chi connectivity index (χ3n) is 5.65. The van der Waals surface area contributed by atoms with Crippen LogP contribution in [0.5, 0.6) is 0 Å². The summed E-state index contributed by atoms with van der Waals surface area (Å²) in [6, 6.07) is 6.63. The molecule has 0 aliphatic carbocycles. The fraction of sp³-hybridized carbons (Fsp3) is 0. The average Bonchev–Trinajstić information content (AvgIpc) is 3.13. The molecule has 0 fully saturated rings. The summed E-state index contributed by atoms with van der Waals surface area (Å²) >= 11 is 0. The molecule has 0 N–H and O–H groups in total. The van der Waals surface area contributed by atoms with Gasteiger partial charge in [-0.05, 0) is 47.2 Å². The van der Waals surface area contributed by atoms with Gasteiger partial charge in [-0.1, -0.05) is 12.1 Å². The van der Waals surface area contributed by atoms with Gasteiger partial charge in [-0.3, -0.25) is 0 Å². The number of furan rings is 1. The molecule has 1 aromatic heterocycles. The van der Waals surface area contributed by atoms with Crippen LogP contribution in [0.4, 0.5) is 0 Å². The first-order valence-electron chi connectivity index (χ1n) is 9.61. The quantitative estimate of drug-likeness (QED) is 0.127. The smallest absolute Gasteiger partial charge is 0.744 e. The summed E-state index contributed by atoms with van der Waals surface area (Å²) in [5, 5.41) is -1.09. The van der Waals surface area contributed by atoms with E-state index in [1.807, 2.05) is 0 Å². The molecular formula is C20H8Na4O13S4. The predicted octanol–water partition coefficient (Wildman–Crippen LogP) is -10.5. The Morgan fingerprint density at radius 2 is 0.756 bits per heavy atom. The van der Waals surface area contributed by atoms with Crippen LogP contribution in [0.3, 0.4) is 0 Å². The maximum atomic E-state index is 12.0. The SMILES string of the molecule is O=S(=O)([O-])c1ccc2c(c1)c(S(=O)(=O)[O-])cc1oc3cc(S(=O)(=O)[O-])c4cc(S(=O)(=O)[O-])ccc4c3c12.[Na+].[Na+].[Na+].[Na+]. The van der Waals surface area contributed by atoms with E-state index < -0.39 is 70.8 Å². The summed E-state index contributed by atoms with van der Waals surface area (Å²) in [6.45, 7) is 0. The Morgan fingerprint density at radius 3 is 1.02 bits per heavy atom. The van der Waals surface area contributed by atoms with Gasteiger partial charge in [0.15, 0.2) is 0 Å². The standard InChI is InChI=1S/C20H12O13S4.4Na/c21-34(22,23)9-1-3-11-13(5-9)17(36(27,28)29)7-15-19(11)20-12-4-2-10(35(24,25)26)6-14(12)18(37(30,31)32)8-16(20)33-15;;;;/h1-8H,(H,21,22,23)(H,24,25,26)(H,27,28,29)(H,30,31,32);;;;/q;4*+1/p-4. The molecule has 0 atom stereocenters. The molecule has 0 aliphatic heterocycles. The topological polar surface area (TPSA) is 242 Å². The van der Waals surface area contributed by atoms with Crippen molar-refractivity contribution in [3.63, 3.8) is 0 Å². The largest absolute Gasteiger partial charge is 1.00 e. The van der Waals surface area contributed by atoms with Crippen LogP contribution < -0.4 is 118 Å². The number of rotatable bonds is 4. The van der Waals surface area contributed by atoms with Crippen LogP contribution in [0.15, 0.2) is 72.5 Å². The molecule has 41 heavy (non-hydrogen) atoms. The third kappa shape index (κ3) is 7.47. The molecular weight excluding hydrogens is 668 g/mol. The first-order valence-corrected chi connectivity index (χ1v) is 15.2. The molecule has 194 valence electrons. The second-order valence-electron chi connectivity index (χ2n) is 7.83. The minimum absolute atomic E-state index is 0. The van der Waals surface area contributed by atoms with Gasteiger partial charge in [0.05, 0.1) is 19.6 Å². The van der Waals surface area contributed by atoms with Gasteiger partial charge in [0.2, 0.25) is 0 Å². The molecule has 5 aromatic rings. The molecule has 0 radical (unpaired) electrons. The molecule has 0 saturated heterocycles. The summed E-state index contributed by atoms with van der Waals surface area (Å²) in [7, 11) is -20.7. The van der Waals surface area contributed by atoms with E-state index in [2.05, 4.69) is 0 Å². The average molecular weight is 676 g/mol. The Hall–Kier alpha value is 0.840. The molecule has 0 amide bonds. The molecule has 1 heterocycles. The molecule has 0 unspecified atom stereocenters. The Bertz CT molecular complexity index is 2140. The number of hydrogen-bond acceptors (Lipinski definition) is 13. The van der Waals surface area contributed by atoms with Crippen LogP contribution >= 0.6 is 0 Å². The second-order valence-corrected chi connectivity index (χ2v) is 13.3. The zero-order valence-corrected chi connectivity index (χ0v) is 32.8. The van der Waals surface area contributed by atoms with E-state index in [1.54, 1.807) is 0 Å². The summed E-state index contributed by atoms with van der Waals surface area (Å²) < 4.78 is 146. The molecule has 0 bridgehead atoms. The second kappa shape index (κ2) is 13.3. The predicted molar refractivity (Wildman–Crippen MR) is 121 cm³/mol. The van der Waals surface area contributed by atoms with Crippen molar-refractivity contribution in [1.29, 1.82) is 0 Å². The van der Waals surface area contributed by atoms with Crippen molar-refractivity contribution in [3.8, 4) is 0 Å². The Labute approximate surface area is 321 Å². The van der Waals surface area contributed by atoms with Crippen molar-refractivity contribution in [1.82, 2.24) is 0 Å². The van der Waals surface area contributed by atoms with Crippen LogP contribution in [0, 0.1) is 0 Å². The molecule has 21 heteroatoms. The molecule has 0 spiro atoms. The zero-order chi connectivity index (χ0) is 27.3. The Kier molecular flexibility index (Phi) is 12.9. The van der Waals surface area contributed by atoms with E-state index in [9.17, 15) is 51.9 Å². The van der Waals surface area contributed by atoms with Crippen LogP contribution in [-0.4, -0.2) is 51.9 Å². The summed E-state index contributed by atoms with van der Waals surface area (Å²) in [5.74, 6) is 0. The van der Waals surface area contributed by atoms with Gasteiger partial charge in [-0.15, -0.1) is 0 Å². The Morgan fingerprint density at radius 1 is 0.439 bits per heavy atom. The van der Waals surface area contributed by atoms with Crippen LogP contribution in [-0.2, 0) is 40.5 Å².